The Morgan fingerprint density at radius 1 is 1.43 bits per heavy atom. The summed E-state index contributed by atoms with van der Waals surface area (Å²) < 4.78 is 33.7. The Labute approximate surface area is 173 Å². The van der Waals surface area contributed by atoms with Gasteiger partial charge in [-0.25, -0.2) is 8.42 Å². The second-order valence-electron chi connectivity index (χ2n) is 6.55. The zero-order valence-corrected chi connectivity index (χ0v) is 18.7. The fraction of sp³-hybridized carbons (Fsp3) is 0.556. The molecule has 1 aromatic heterocycles. The lowest BCUT2D eigenvalue weighted by molar-refractivity contribution is -0.121. The normalized spacial score (nSPS) is 19.0. The molecule has 1 unspecified atom stereocenters. The number of carbonyl (C=O) groups excluding carboxylic acids is 1. The summed E-state index contributed by atoms with van der Waals surface area (Å²) in [5.74, 6) is -0.398. The molecule has 0 saturated carbocycles. The van der Waals surface area contributed by atoms with Crippen LogP contribution >= 0.6 is 23.1 Å². The SMILES string of the molecule is CCOCCn1c(=NC(=O)C2CCCN2S(C)(=O)=O)sc2cc(SC)ccc21. The molecule has 1 aromatic carbocycles. The number of ether oxygens (including phenoxy) is 1. The summed E-state index contributed by atoms with van der Waals surface area (Å²) in [7, 11) is -3.42. The lowest BCUT2D eigenvalue weighted by Crippen LogP contribution is -2.40. The Morgan fingerprint density at radius 2 is 2.21 bits per heavy atom. The minimum Gasteiger partial charge on any atom is -0.380 e. The van der Waals surface area contributed by atoms with Gasteiger partial charge in [-0.2, -0.15) is 9.30 Å². The van der Waals surface area contributed by atoms with Gasteiger partial charge >= 0.3 is 0 Å². The predicted molar refractivity (Wildman–Crippen MR) is 113 cm³/mol. The second kappa shape index (κ2) is 9.08. The average molecular weight is 444 g/mol. The minimum atomic E-state index is -3.42. The van der Waals surface area contributed by atoms with E-state index in [0.29, 0.717) is 43.9 Å². The first-order valence-electron chi connectivity index (χ1n) is 9.15. The third-order valence-electron chi connectivity index (χ3n) is 4.67. The van der Waals surface area contributed by atoms with E-state index in [0.717, 1.165) is 21.4 Å². The number of sulfonamides is 1. The molecule has 1 fully saturated rings. The van der Waals surface area contributed by atoms with Crippen molar-refractivity contribution in [2.75, 3.05) is 32.3 Å². The predicted octanol–water partition coefficient (Wildman–Crippen LogP) is 2.31. The highest BCUT2D eigenvalue weighted by Gasteiger charge is 2.36. The molecule has 7 nitrogen and oxygen atoms in total. The van der Waals surface area contributed by atoms with Crippen LogP contribution in [0.15, 0.2) is 28.1 Å². The number of thiazole rings is 1. The van der Waals surface area contributed by atoms with Gasteiger partial charge in [-0.05, 0) is 44.2 Å². The van der Waals surface area contributed by atoms with Crippen LogP contribution in [-0.4, -0.2) is 61.5 Å². The molecule has 3 rings (SSSR count). The van der Waals surface area contributed by atoms with Crippen LogP contribution in [0.5, 0.6) is 0 Å². The standard InChI is InChI=1S/C18H25N3O4S3/c1-4-25-11-10-20-14-8-7-13(26-2)12-16(14)27-18(20)19-17(22)15-6-5-9-21(15)28(3,23)24/h7-8,12,15H,4-6,9-11H2,1-3H3. The molecule has 0 spiro atoms. The highest BCUT2D eigenvalue weighted by atomic mass is 32.2. The summed E-state index contributed by atoms with van der Waals surface area (Å²) in [5, 5.41) is 0. The van der Waals surface area contributed by atoms with Crippen molar-refractivity contribution >= 4 is 49.2 Å². The van der Waals surface area contributed by atoms with Gasteiger partial charge in [-0.1, -0.05) is 11.3 Å². The molecule has 0 N–H and O–H groups in total. The largest absolute Gasteiger partial charge is 0.380 e. The molecule has 1 aliphatic rings. The maximum atomic E-state index is 12.8. The lowest BCUT2D eigenvalue weighted by Gasteiger charge is -2.18. The molecule has 1 amide bonds. The van der Waals surface area contributed by atoms with E-state index in [1.54, 1.807) is 11.8 Å². The number of benzene rings is 1. The van der Waals surface area contributed by atoms with Gasteiger partial charge in [-0.15, -0.1) is 11.8 Å². The highest BCUT2D eigenvalue weighted by molar-refractivity contribution is 7.98. The Kier molecular flexibility index (Phi) is 6.98. The molecule has 28 heavy (non-hydrogen) atoms. The van der Waals surface area contributed by atoms with Crippen molar-refractivity contribution in [1.82, 2.24) is 8.87 Å². The van der Waals surface area contributed by atoms with E-state index in [4.69, 9.17) is 4.74 Å². The van der Waals surface area contributed by atoms with E-state index in [9.17, 15) is 13.2 Å². The number of aromatic nitrogens is 1. The molecule has 2 aromatic rings. The second-order valence-corrected chi connectivity index (χ2v) is 10.4. The van der Waals surface area contributed by atoms with Crippen LogP contribution in [0.4, 0.5) is 0 Å². The fourth-order valence-electron chi connectivity index (χ4n) is 3.33. The van der Waals surface area contributed by atoms with Gasteiger partial charge in [0.25, 0.3) is 5.91 Å². The zero-order chi connectivity index (χ0) is 20.3. The maximum Gasteiger partial charge on any atom is 0.266 e. The quantitative estimate of drug-likeness (QED) is 0.485. The summed E-state index contributed by atoms with van der Waals surface area (Å²) in [6, 6.07) is 5.46. The first-order valence-corrected chi connectivity index (χ1v) is 13.0. The van der Waals surface area contributed by atoms with Crippen molar-refractivity contribution in [3.63, 3.8) is 0 Å². The molecule has 154 valence electrons. The van der Waals surface area contributed by atoms with E-state index < -0.39 is 22.0 Å². The van der Waals surface area contributed by atoms with Crippen molar-refractivity contribution in [3.05, 3.63) is 23.0 Å². The molecular formula is C18H25N3O4S3. The molecule has 0 aliphatic carbocycles. The number of carbonyl (C=O) groups is 1. The number of amides is 1. The number of rotatable bonds is 7. The van der Waals surface area contributed by atoms with Gasteiger partial charge in [0, 0.05) is 24.6 Å². The minimum absolute atomic E-state index is 0.374. The monoisotopic (exact) mass is 443 g/mol. The lowest BCUT2D eigenvalue weighted by atomic mass is 10.2. The Morgan fingerprint density at radius 3 is 2.89 bits per heavy atom. The number of hydrogen-bond donors (Lipinski definition) is 0. The van der Waals surface area contributed by atoms with E-state index in [2.05, 4.69) is 11.1 Å². The molecule has 0 radical (unpaired) electrons. The Bertz CT molecular complexity index is 1030. The van der Waals surface area contributed by atoms with Crippen molar-refractivity contribution in [1.29, 1.82) is 0 Å². The number of thioether (sulfide) groups is 1. The number of nitrogens with zero attached hydrogens (tertiary/aromatic N) is 3. The number of fused-ring (bicyclic) bond motifs is 1. The van der Waals surface area contributed by atoms with E-state index in [-0.39, 0.29) is 0 Å². The first kappa shape index (κ1) is 21.5. The summed E-state index contributed by atoms with van der Waals surface area (Å²) in [4.78, 5) is 18.9. The van der Waals surface area contributed by atoms with Crippen LogP contribution in [0.3, 0.4) is 0 Å². The van der Waals surface area contributed by atoms with Crippen molar-refractivity contribution in [3.8, 4) is 0 Å². The van der Waals surface area contributed by atoms with Gasteiger partial charge in [0.05, 0.1) is 23.1 Å². The molecular weight excluding hydrogens is 418 g/mol. The summed E-state index contributed by atoms with van der Waals surface area (Å²) in [6.07, 6.45) is 4.35. The van der Waals surface area contributed by atoms with Gasteiger partial charge in [0.2, 0.25) is 10.0 Å². The molecule has 10 heteroatoms. The zero-order valence-electron chi connectivity index (χ0n) is 16.3. The van der Waals surface area contributed by atoms with E-state index in [1.807, 2.05) is 29.9 Å². The van der Waals surface area contributed by atoms with Crippen molar-refractivity contribution in [2.24, 2.45) is 4.99 Å². The van der Waals surface area contributed by atoms with Crippen molar-refractivity contribution < 1.29 is 17.9 Å². The smallest absolute Gasteiger partial charge is 0.266 e. The van der Waals surface area contributed by atoms with Crippen LogP contribution < -0.4 is 4.80 Å². The van der Waals surface area contributed by atoms with Crippen LogP contribution in [0.1, 0.15) is 19.8 Å². The molecule has 0 bridgehead atoms. The topological polar surface area (TPSA) is 81.0 Å². The van der Waals surface area contributed by atoms with E-state index >= 15 is 0 Å². The first-order chi connectivity index (χ1) is 13.3. The van der Waals surface area contributed by atoms with Crippen LogP contribution in [0.2, 0.25) is 0 Å². The average Bonchev–Trinajstić information content (AvgIpc) is 3.26. The highest BCUT2D eigenvalue weighted by Crippen LogP contribution is 2.25. The summed E-state index contributed by atoms with van der Waals surface area (Å²) in [6.45, 7) is 4.04. The molecule has 1 atom stereocenters. The summed E-state index contributed by atoms with van der Waals surface area (Å²) >= 11 is 3.11. The third kappa shape index (κ3) is 4.68. The molecule has 2 heterocycles. The van der Waals surface area contributed by atoms with Crippen LogP contribution in [0.25, 0.3) is 10.2 Å². The third-order valence-corrected chi connectivity index (χ3v) is 7.73. The molecule has 1 saturated heterocycles. The Hall–Kier alpha value is -1.20. The van der Waals surface area contributed by atoms with Gasteiger partial charge in [0.15, 0.2) is 4.80 Å². The van der Waals surface area contributed by atoms with Crippen LogP contribution in [-0.2, 0) is 26.1 Å². The fourth-order valence-corrected chi connectivity index (χ4v) is 6.07. The molecule has 1 aliphatic heterocycles. The van der Waals surface area contributed by atoms with Crippen LogP contribution in [0, 0.1) is 0 Å². The maximum absolute atomic E-state index is 12.8. The van der Waals surface area contributed by atoms with Crippen molar-refractivity contribution in [2.45, 2.75) is 37.2 Å². The van der Waals surface area contributed by atoms with Gasteiger partial charge in [-0.3, -0.25) is 4.79 Å². The summed E-state index contributed by atoms with van der Waals surface area (Å²) in [5.41, 5.74) is 1.00. The number of hydrogen-bond acceptors (Lipinski definition) is 6. The Balaban J connectivity index is 2.02. The van der Waals surface area contributed by atoms with Gasteiger partial charge in [0.1, 0.15) is 6.04 Å². The van der Waals surface area contributed by atoms with E-state index in [1.165, 1.54) is 15.6 Å². The van der Waals surface area contributed by atoms with Gasteiger partial charge < -0.3 is 9.30 Å².